The Bertz CT molecular complexity index is 280. The van der Waals surface area contributed by atoms with Gasteiger partial charge in [0.1, 0.15) is 0 Å². The summed E-state index contributed by atoms with van der Waals surface area (Å²) in [7, 11) is 0. The molecule has 0 aromatic rings. The van der Waals surface area contributed by atoms with Crippen LogP contribution in [-0.2, 0) is 21.1 Å². The van der Waals surface area contributed by atoms with Gasteiger partial charge in [-0.25, -0.2) is 6.58 Å². The molecule has 0 unspecified atom stereocenters. The van der Waals surface area contributed by atoms with Crippen LogP contribution in [-0.4, -0.2) is 6.54 Å². The first-order valence-electron chi connectivity index (χ1n) is 6.23. The van der Waals surface area contributed by atoms with E-state index < -0.39 is 0 Å². The molecule has 0 atom stereocenters. The van der Waals surface area contributed by atoms with Crippen LogP contribution in [0.2, 0.25) is 0 Å². The smallest absolute Gasteiger partial charge is 0.0197 e. The van der Waals surface area contributed by atoms with Crippen molar-refractivity contribution in [3.8, 4) is 0 Å². The molecular formula is C15H27N2W-. The Morgan fingerprint density at radius 3 is 2.06 bits per heavy atom. The van der Waals surface area contributed by atoms with Gasteiger partial charge in [-0.05, 0) is 11.6 Å². The first-order chi connectivity index (χ1) is 7.84. The molecule has 0 spiro atoms. The summed E-state index contributed by atoms with van der Waals surface area (Å²) in [6.07, 6.45) is 0.883. The molecule has 0 radical (unpaired) electrons. The third kappa shape index (κ3) is 9.41. The summed E-state index contributed by atoms with van der Waals surface area (Å²) in [5, 5.41) is 6.47. The topological polar surface area (TPSA) is 24.1 Å². The predicted molar refractivity (Wildman–Crippen MR) is 77.2 cm³/mol. The molecule has 0 fully saturated rings. The molecular weight excluding hydrogens is 392 g/mol. The van der Waals surface area contributed by atoms with Crippen LogP contribution < -0.4 is 10.6 Å². The molecule has 0 amide bonds. The fraction of sp³-hybridized carbons (Fsp3) is 0.533. The van der Waals surface area contributed by atoms with E-state index in [9.17, 15) is 0 Å². The first-order valence-corrected chi connectivity index (χ1v) is 6.23. The summed E-state index contributed by atoms with van der Waals surface area (Å²) in [5.74, 6) is 0.942. The predicted octanol–water partition coefficient (Wildman–Crippen LogP) is 3.61. The average Bonchev–Trinajstić information content (AvgIpc) is 2.25. The molecule has 0 aliphatic rings. The summed E-state index contributed by atoms with van der Waals surface area (Å²) in [4.78, 5) is 0. The van der Waals surface area contributed by atoms with Gasteiger partial charge in [0.15, 0.2) is 0 Å². The molecule has 0 aliphatic heterocycles. The number of hydrogen-bond donors (Lipinski definition) is 2. The van der Waals surface area contributed by atoms with Gasteiger partial charge in [0, 0.05) is 39.7 Å². The minimum Gasteiger partial charge on any atom is -0.443 e. The maximum Gasteiger partial charge on any atom is 0.0197 e. The standard InChI is InChI=1S/C15H27N2.W/c1-11(2)13(5)10-17-14(6)8-9-16-15(7)12(3)4;/h10-12,16-17H,5-9H2,1-4H3;/q-1;. The largest absolute Gasteiger partial charge is 0.443 e. The zero-order chi connectivity index (χ0) is 13.4. The van der Waals surface area contributed by atoms with E-state index in [4.69, 9.17) is 0 Å². The Labute approximate surface area is 127 Å². The van der Waals surface area contributed by atoms with Gasteiger partial charge in [-0.3, -0.25) is 0 Å². The molecule has 0 saturated heterocycles. The minimum absolute atomic E-state index is 0. The Kier molecular flexibility index (Phi) is 11.3. The van der Waals surface area contributed by atoms with Crippen LogP contribution in [0.15, 0.2) is 36.7 Å². The van der Waals surface area contributed by atoms with Gasteiger partial charge in [0.05, 0.1) is 0 Å². The second-order valence-corrected chi connectivity index (χ2v) is 4.98. The van der Waals surface area contributed by atoms with Crippen LogP contribution in [0.4, 0.5) is 0 Å². The Hall–Kier alpha value is -0.622. The van der Waals surface area contributed by atoms with Gasteiger partial charge < -0.3 is 10.6 Å². The van der Waals surface area contributed by atoms with Crippen LogP contribution in [0, 0.1) is 18.4 Å². The first kappa shape index (κ1) is 19.7. The molecule has 0 bridgehead atoms. The molecule has 0 aromatic carbocycles. The third-order valence-electron chi connectivity index (χ3n) is 2.68. The van der Waals surface area contributed by atoms with E-state index in [1.165, 1.54) is 0 Å². The van der Waals surface area contributed by atoms with Crippen LogP contribution in [0.1, 0.15) is 34.1 Å². The van der Waals surface area contributed by atoms with Crippen molar-refractivity contribution in [3.63, 3.8) is 0 Å². The van der Waals surface area contributed by atoms with Crippen molar-refractivity contribution in [2.24, 2.45) is 11.8 Å². The summed E-state index contributed by atoms with van der Waals surface area (Å²) < 4.78 is 0. The van der Waals surface area contributed by atoms with E-state index in [-0.39, 0.29) is 21.1 Å². The van der Waals surface area contributed by atoms with Crippen molar-refractivity contribution in [3.05, 3.63) is 43.2 Å². The van der Waals surface area contributed by atoms with E-state index >= 15 is 0 Å². The second-order valence-electron chi connectivity index (χ2n) is 4.98. The monoisotopic (exact) mass is 419 g/mol. The maximum atomic E-state index is 3.97. The molecule has 0 aliphatic carbocycles. The summed E-state index contributed by atoms with van der Waals surface area (Å²) in [5.41, 5.74) is 3.16. The minimum atomic E-state index is 0. The molecule has 2 N–H and O–H groups in total. The molecule has 3 heteroatoms. The Balaban J connectivity index is 0. The maximum absolute atomic E-state index is 3.97. The van der Waals surface area contributed by atoms with E-state index in [1.807, 2.05) is 6.54 Å². The summed E-state index contributed by atoms with van der Waals surface area (Å²) >= 11 is 0. The third-order valence-corrected chi connectivity index (χ3v) is 2.68. The van der Waals surface area contributed by atoms with Gasteiger partial charge in [0.25, 0.3) is 0 Å². The molecule has 0 heterocycles. The summed E-state index contributed by atoms with van der Waals surface area (Å²) in [6, 6.07) is 0. The quantitative estimate of drug-likeness (QED) is 0.559. The van der Waals surface area contributed by atoms with Crippen LogP contribution in [0.3, 0.4) is 0 Å². The summed E-state index contributed by atoms with van der Waals surface area (Å²) in [6.45, 7) is 23.2. The number of nitrogens with one attached hydrogen (secondary N) is 2. The van der Waals surface area contributed by atoms with E-state index in [1.54, 1.807) is 0 Å². The van der Waals surface area contributed by atoms with Gasteiger partial charge >= 0.3 is 0 Å². The SMILES string of the molecule is C=C(CCNC(=C)C(C)C)N[CH-]C(=C)C(C)C.[W]. The van der Waals surface area contributed by atoms with Crippen LogP contribution >= 0.6 is 0 Å². The van der Waals surface area contributed by atoms with Crippen molar-refractivity contribution in [2.75, 3.05) is 6.54 Å². The Morgan fingerprint density at radius 1 is 1.06 bits per heavy atom. The van der Waals surface area contributed by atoms with Crippen molar-refractivity contribution < 1.29 is 21.1 Å². The van der Waals surface area contributed by atoms with E-state index in [0.29, 0.717) is 11.8 Å². The zero-order valence-electron chi connectivity index (χ0n) is 12.2. The molecule has 2 nitrogen and oxygen atoms in total. The molecule has 0 saturated carbocycles. The van der Waals surface area contributed by atoms with Crippen LogP contribution in [0.25, 0.3) is 0 Å². The van der Waals surface area contributed by atoms with Crippen molar-refractivity contribution in [2.45, 2.75) is 34.1 Å². The van der Waals surface area contributed by atoms with E-state index in [0.717, 1.165) is 29.9 Å². The second kappa shape index (κ2) is 10.3. The van der Waals surface area contributed by atoms with Gasteiger partial charge in [0.2, 0.25) is 0 Å². The van der Waals surface area contributed by atoms with Gasteiger partial charge in [-0.15, -0.1) is 6.54 Å². The Morgan fingerprint density at radius 2 is 1.61 bits per heavy atom. The van der Waals surface area contributed by atoms with Crippen molar-refractivity contribution in [1.82, 2.24) is 10.6 Å². The fourth-order valence-corrected chi connectivity index (χ4v) is 1.01. The normalized spacial score (nSPS) is 9.67. The molecule has 0 rings (SSSR count). The number of hydrogen-bond acceptors (Lipinski definition) is 2. The zero-order valence-corrected chi connectivity index (χ0v) is 15.1. The van der Waals surface area contributed by atoms with Crippen molar-refractivity contribution >= 4 is 0 Å². The van der Waals surface area contributed by atoms with Gasteiger partial charge in [-0.2, -0.15) is 5.57 Å². The van der Waals surface area contributed by atoms with Crippen LogP contribution in [0.5, 0.6) is 0 Å². The van der Waals surface area contributed by atoms with Gasteiger partial charge in [-0.1, -0.05) is 46.8 Å². The fourth-order valence-electron chi connectivity index (χ4n) is 1.01. The molecule has 18 heavy (non-hydrogen) atoms. The number of allylic oxidation sites excluding steroid dienone is 1. The number of rotatable bonds is 9. The molecule has 0 aromatic heterocycles. The molecule has 104 valence electrons. The van der Waals surface area contributed by atoms with E-state index in [2.05, 4.69) is 58.1 Å². The average molecular weight is 419 g/mol. The van der Waals surface area contributed by atoms with Crippen molar-refractivity contribution in [1.29, 1.82) is 0 Å².